The third kappa shape index (κ3) is 2.74. The molecule has 0 fully saturated rings. The van der Waals surface area contributed by atoms with Crippen LogP contribution in [0.3, 0.4) is 0 Å². The minimum Gasteiger partial charge on any atom is -0.481 e. The number of carboxylic acids is 2. The lowest BCUT2D eigenvalue weighted by Gasteiger charge is -2.47. The SMILES string of the molecule is CC(C)CC1(C(=O)O)C=CCCC1(CC(C)C)C(=O)O. The molecule has 1 rings (SSSR count). The average molecular weight is 282 g/mol. The molecule has 1 aliphatic carbocycles. The fourth-order valence-electron chi connectivity index (χ4n) is 3.63. The molecule has 114 valence electrons. The summed E-state index contributed by atoms with van der Waals surface area (Å²) in [6.45, 7) is 7.78. The van der Waals surface area contributed by atoms with E-state index in [9.17, 15) is 19.8 Å². The fourth-order valence-corrected chi connectivity index (χ4v) is 3.63. The number of aliphatic carboxylic acids is 2. The van der Waals surface area contributed by atoms with E-state index in [1.807, 2.05) is 33.8 Å². The molecule has 0 heterocycles. The minimum absolute atomic E-state index is 0.125. The smallest absolute Gasteiger partial charge is 0.314 e. The van der Waals surface area contributed by atoms with E-state index in [0.29, 0.717) is 25.7 Å². The van der Waals surface area contributed by atoms with Gasteiger partial charge in [0.2, 0.25) is 0 Å². The van der Waals surface area contributed by atoms with Crippen LogP contribution >= 0.6 is 0 Å². The number of allylic oxidation sites excluding steroid dienone is 1. The van der Waals surface area contributed by atoms with Crippen molar-refractivity contribution in [3.05, 3.63) is 12.2 Å². The lowest BCUT2D eigenvalue weighted by Crippen LogP contribution is -2.54. The Bertz CT molecular complexity index is 411. The van der Waals surface area contributed by atoms with Gasteiger partial charge in [-0.25, -0.2) is 0 Å². The van der Waals surface area contributed by atoms with Gasteiger partial charge in [-0.15, -0.1) is 0 Å². The Balaban J connectivity index is 3.45. The Morgan fingerprint density at radius 1 is 1.05 bits per heavy atom. The Labute approximate surface area is 120 Å². The Kier molecular flexibility index (Phi) is 5.00. The predicted molar refractivity (Wildman–Crippen MR) is 77.4 cm³/mol. The topological polar surface area (TPSA) is 74.6 Å². The molecule has 0 aromatic heterocycles. The van der Waals surface area contributed by atoms with Crippen LogP contribution in [0.15, 0.2) is 12.2 Å². The fraction of sp³-hybridized carbons (Fsp3) is 0.750. The molecular formula is C16H26O4. The zero-order valence-corrected chi connectivity index (χ0v) is 12.8. The lowest BCUT2D eigenvalue weighted by atomic mass is 9.53. The first-order chi connectivity index (χ1) is 9.18. The van der Waals surface area contributed by atoms with Gasteiger partial charge in [-0.1, -0.05) is 39.8 Å². The molecule has 0 saturated heterocycles. The molecule has 0 aromatic carbocycles. The van der Waals surface area contributed by atoms with Crippen LogP contribution in [0.1, 0.15) is 53.4 Å². The van der Waals surface area contributed by atoms with Crippen molar-refractivity contribution in [3.63, 3.8) is 0 Å². The highest BCUT2D eigenvalue weighted by molar-refractivity contribution is 5.89. The lowest BCUT2D eigenvalue weighted by molar-refractivity contribution is -0.174. The van der Waals surface area contributed by atoms with Crippen molar-refractivity contribution < 1.29 is 19.8 Å². The van der Waals surface area contributed by atoms with Gasteiger partial charge in [0.1, 0.15) is 5.41 Å². The van der Waals surface area contributed by atoms with E-state index in [-0.39, 0.29) is 11.8 Å². The average Bonchev–Trinajstić information content (AvgIpc) is 2.29. The number of rotatable bonds is 6. The second kappa shape index (κ2) is 5.98. The first kappa shape index (κ1) is 16.7. The van der Waals surface area contributed by atoms with Crippen LogP contribution in [0.4, 0.5) is 0 Å². The van der Waals surface area contributed by atoms with Crippen molar-refractivity contribution in [1.29, 1.82) is 0 Å². The highest BCUT2D eigenvalue weighted by atomic mass is 16.4. The Morgan fingerprint density at radius 2 is 1.60 bits per heavy atom. The Morgan fingerprint density at radius 3 is 2.00 bits per heavy atom. The molecule has 20 heavy (non-hydrogen) atoms. The zero-order valence-electron chi connectivity index (χ0n) is 12.8. The molecule has 0 bridgehead atoms. The summed E-state index contributed by atoms with van der Waals surface area (Å²) >= 11 is 0. The van der Waals surface area contributed by atoms with Crippen LogP contribution < -0.4 is 0 Å². The molecule has 0 aromatic rings. The zero-order chi connectivity index (χ0) is 15.6. The van der Waals surface area contributed by atoms with Gasteiger partial charge >= 0.3 is 11.9 Å². The van der Waals surface area contributed by atoms with Crippen molar-refractivity contribution in [2.24, 2.45) is 22.7 Å². The molecule has 2 unspecified atom stereocenters. The van der Waals surface area contributed by atoms with Gasteiger partial charge in [-0.05, 0) is 37.5 Å². The van der Waals surface area contributed by atoms with Crippen LogP contribution in [-0.4, -0.2) is 22.2 Å². The third-order valence-corrected chi connectivity index (χ3v) is 4.27. The molecule has 2 N–H and O–H groups in total. The van der Waals surface area contributed by atoms with Gasteiger partial charge in [0.15, 0.2) is 0 Å². The number of carbonyl (C=O) groups is 2. The summed E-state index contributed by atoms with van der Waals surface area (Å²) in [5, 5.41) is 19.7. The van der Waals surface area contributed by atoms with Crippen molar-refractivity contribution in [2.75, 3.05) is 0 Å². The van der Waals surface area contributed by atoms with E-state index in [1.165, 1.54) is 0 Å². The predicted octanol–water partition coefficient (Wildman–Crippen LogP) is 3.57. The molecule has 0 amide bonds. The standard InChI is InChI=1S/C16H26O4/c1-11(2)9-15(13(17)18)7-5-6-8-16(15,14(19)20)10-12(3)4/h5,7,11-12H,6,8-10H2,1-4H3,(H,17,18)(H,19,20). The monoisotopic (exact) mass is 282 g/mol. The van der Waals surface area contributed by atoms with Gasteiger partial charge in [-0.3, -0.25) is 9.59 Å². The van der Waals surface area contributed by atoms with Crippen LogP contribution in [0.25, 0.3) is 0 Å². The van der Waals surface area contributed by atoms with Crippen LogP contribution in [-0.2, 0) is 9.59 Å². The van der Waals surface area contributed by atoms with Crippen molar-refractivity contribution in [3.8, 4) is 0 Å². The van der Waals surface area contributed by atoms with E-state index in [1.54, 1.807) is 6.08 Å². The molecule has 4 nitrogen and oxygen atoms in total. The minimum atomic E-state index is -1.30. The third-order valence-electron chi connectivity index (χ3n) is 4.27. The van der Waals surface area contributed by atoms with Gasteiger partial charge in [-0.2, -0.15) is 0 Å². The summed E-state index contributed by atoms with van der Waals surface area (Å²) in [7, 11) is 0. The summed E-state index contributed by atoms with van der Waals surface area (Å²) < 4.78 is 0. The second-order valence-electron chi connectivity index (χ2n) is 6.80. The van der Waals surface area contributed by atoms with Crippen molar-refractivity contribution in [1.82, 2.24) is 0 Å². The van der Waals surface area contributed by atoms with E-state index in [4.69, 9.17) is 0 Å². The number of carboxylic acid groups (broad SMARTS) is 2. The molecular weight excluding hydrogens is 256 g/mol. The quantitative estimate of drug-likeness (QED) is 0.730. The number of hydrogen-bond donors (Lipinski definition) is 2. The second-order valence-corrected chi connectivity index (χ2v) is 6.80. The maximum absolute atomic E-state index is 12.0. The van der Waals surface area contributed by atoms with E-state index in [0.717, 1.165) is 0 Å². The number of hydrogen-bond acceptors (Lipinski definition) is 2. The molecule has 0 saturated carbocycles. The molecule has 0 spiro atoms. The molecule has 4 heteroatoms. The summed E-state index contributed by atoms with van der Waals surface area (Å²) in [5.74, 6) is -1.72. The van der Waals surface area contributed by atoms with Crippen LogP contribution in [0.2, 0.25) is 0 Å². The van der Waals surface area contributed by atoms with Crippen LogP contribution in [0, 0.1) is 22.7 Å². The first-order valence-electron chi connectivity index (χ1n) is 7.32. The maximum atomic E-state index is 12.0. The Hall–Kier alpha value is -1.32. The highest BCUT2D eigenvalue weighted by Crippen LogP contribution is 2.55. The molecule has 1 aliphatic rings. The van der Waals surface area contributed by atoms with Gasteiger partial charge < -0.3 is 10.2 Å². The largest absolute Gasteiger partial charge is 0.481 e. The van der Waals surface area contributed by atoms with Crippen molar-refractivity contribution >= 4 is 11.9 Å². The first-order valence-corrected chi connectivity index (χ1v) is 7.32. The molecule has 0 radical (unpaired) electrons. The highest BCUT2D eigenvalue weighted by Gasteiger charge is 2.60. The normalized spacial score (nSPS) is 29.9. The van der Waals surface area contributed by atoms with Gasteiger partial charge in [0, 0.05) is 0 Å². The summed E-state index contributed by atoms with van der Waals surface area (Å²) in [6, 6.07) is 0. The molecule has 0 aliphatic heterocycles. The summed E-state index contributed by atoms with van der Waals surface area (Å²) in [4.78, 5) is 24.0. The van der Waals surface area contributed by atoms with E-state index in [2.05, 4.69) is 0 Å². The van der Waals surface area contributed by atoms with Gasteiger partial charge in [0.25, 0.3) is 0 Å². The maximum Gasteiger partial charge on any atom is 0.314 e. The van der Waals surface area contributed by atoms with Gasteiger partial charge in [0.05, 0.1) is 5.41 Å². The summed E-state index contributed by atoms with van der Waals surface area (Å²) in [5.41, 5.74) is -2.50. The summed E-state index contributed by atoms with van der Waals surface area (Å²) in [6.07, 6.45) is 5.26. The molecule has 2 atom stereocenters. The van der Waals surface area contributed by atoms with E-state index >= 15 is 0 Å². The van der Waals surface area contributed by atoms with E-state index < -0.39 is 22.8 Å². The van der Waals surface area contributed by atoms with Crippen LogP contribution in [0.5, 0.6) is 0 Å². The van der Waals surface area contributed by atoms with Crippen molar-refractivity contribution in [2.45, 2.75) is 53.4 Å².